The largest absolute Gasteiger partial charge is 0.453 e. The number of benzene rings is 2. The summed E-state index contributed by atoms with van der Waals surface area (Å²) in [5.74, 6) is -0.608. The predicted octanol–water partition coefficient (Wildman–Crippen LogP) is 3.33. The number of aliphatic hydroxyl groups is 1. The summed E-state index contributed by atoms with van der Waals surface area (Å²) in [5.41, 5.74) is 1.89. The summed E-state index contributed by atoms with van der Waals surface area (Å²) in [7, 11) is 1.24. The van der Waals surface area contributed by atoms with Crippen molar-refractivity contribution in [3.05, 3.63) is 71.8 Å². The third-order valence-corrected chi connectivity index (χ3v) is 8.46. The molecular formula is C33H45N3O8. The molecule has 240 valence electrons. The number of carbonyl (C=O) groups is 3. The zero-order chi connectivity index (χ0) is 31.5. The number of methoxy groups -OCH3 is 1. The summed E-state index contributed by atoms with van der Waals surface area (Å²) in [6.07, 6.45) is -0.792. The minimum Gasteiger partial charge on any atom is -0.453 e. The van der Waals surface area contributed by atoms with Crippen LogP contribution in [0.15, 0.2) is 60.7 Å². The van der Waals surface area contributed by atoms with Crippen LogP contribution in [0.25, 0.3) is 0 Å². The Hall–Kier alpha value is -3.67. The van der Waals surface area contributed by atoms with Crippen LogP contribution in [0.2, 0.25) is 0 Å². The fourth-order valence-electron chi connectivity index (χ4n) is 5.74. The van der Waals surface area contributed by atoms with Crippen molar-refractivity contribution in [2.24, 2.45) is 11.8 Å². The van der Waals surface area contributed by atoms with Gasteiger partial charge in [0.05, 0.1) is 38.4 Å². The molecule has 2 aromatic rings. The molecule has 0 bridgehead atoms. The van der Waals surface area contributed by atoms with Gasteiger partial charge in [-0.2, -0.15) is 0 Å². The topological polar surface area (TPSA) is 144 Å². The van der Waals surface area contributed by atoms with Gasteiger partial charge in [-0.3, -0.25) is 4.79 Å². The lowest BCUT2D eigenvalue weighted by Gasteiger charge is -2.31. The Morgan fingerprint density at radius 3 is 2.23 bits per heavy atom. The molecule has 2 aromatic carbocycles. The van der Waals surface area contributed by atoms with Gasteiger partial charge < -0.3 is 40.0 Å². The Kier molecular flexibility index (Phi) is 12.4. The van der Waals surface area contributed by atoms with Crippen molar-refractivity contribution in [3.8, 4) is 0 Å². The maximum absolute atomic E-state index is 13.5. The Labute approximate surface area is 259 Å². The number of rotatable bonds is 14. The molecule has 0 saturated carbocycles. The van der Waals surface area contributed by atoms with Crippen LogP contribution in [-0.4, -0.2) is 80.1 Å². The molecule has 0 unspecified atom stereocenters. The van der Waals surface area contributed by atoms with Crippen molar-refractivity contribution >= 4 is 18.1 Å². The number of fused-ring (bicyclic) bond motifs is 1. The second-order valence-corrected chi connectivity index (χ2v) is 11.6. The van der Waals surface area contributed by atoms with Crippen molar-refractivity contribution in [1.29, 1.82) is 0 Å². The number of ether oxygens (including phenoxy) is 4. The minimum atomic E-state index is -1.05. The van der Waals surface area contributed by atoms with Gasteiger partial charge in [0.1, 0.15) is 12.1 Å². The highest BCUT2D eigenvalue weighted by Crippen LogP contribution is 2.33. The van der Waals surface area contributed by atoms with Crippen LogP contribution in [0, 0.1) is 11.8 Å². The van der Waals surface area contributed by atoms with E-state index >= 15 is 0 Å². The van der Waals surface area contributed by atoms with E-state index in [1.165, 1.54) is 7.11 Å². The summed E-state index contributed by atoms with van der Waals surface area (Å²) >= 11 is 0. The first-order valence-electron chi connectivity index (χ1n) is 15.4. The number of carbonyl (C=O) groups excluding carboxylic acids is 3. The number of alkyl carbamates (subject to hydrolysis) is 2. The summed E-state index contributed by atoms with van der Waals surface area (Å²) in [6, 6.07) is 17.1. The van der Waals surface area contributed by atoms with E-state index in [0.717, 1.165) is 17.5 Å². The van der Waals surface area contributed by atoms with E-state index in [9.17, 15) is 19.5 Å². The van der Waals surface area contributed by atoms with Crippen molar-refractivity contribution in [3.63, 3.8) is 0 Å². The molecule has 11 heteroatoms. The van der Waals surface area contributed by atoms with Gasteiger partial charge in [0.15, 0.2) is 6.29 Å². The lowest BCUT2D eigenvalue weighted by molar-refractivity contribution is -0.125. The number of nitrogens with one attached hydrogen (secondary N) is 3. The van der Waals surface area contributed by atoms with Gasteiger partial charge in [0.2, 0.25) is 5.91 Å². The minimum absolute atomic E-state index is 0.00133. The van der Waals surface area contributed by atoms with Gasteiger partial charge in [0, 0.05) is 6.04 Å². The van der Waals surface area contributed by atoms with E-state index in [0.29, 0.717) is 25.9 Å². The lowest BCUT2D eigenvalue weighted by atomic mass is 9.92. The van der Waals surface area contributed by atoms with E-state index in [-0.39, 0.29) is 31.2 Å². The second kappa shape index (κ2) is 16.4. The molecule has 4 rings (SSSR count). The van der Waals surface area contributed by atoms with Gasteiger partial charge in [0.25, 0.3) is 0 Å². The average Bonchev–Trinajstić information content (AvgIpc) is 3.65. The van der Waals surface area contributed by atoms with Crippen LogP contribution < -0.4 is 16.0 Å². The highest BCUT2D eigenvalue weighted by Gasteiger charge is 2.44. The number of hydrogen-bond acceptors (Lipinski definition) is 8. The van der Waals surface area contributed by atoms with Gasteiger partial charge >= 0.3 is 12.2 Å². The maximum atomic E-state index is 13.5. The summed E-state index contributed by atoms with van der Waals surface area (Å²) in [4.78, 5) is 38.7. The Morgan fingerprint density at radius 1 is 0.932 bits per heavy atom. The molecule has 0 aliphatic carbocycles. The predicted molar refractivity (Wildman–Crippen MR) is 163 cm³/mol. The van der Waals surface area contributed by atoms with Crippen LogP contribution in [0.3, 0.4) is 0 Å². The van der Waals surface area contributed by atoms with Gasteiger partial charge in [-0.15, -0.1) is 0 Å². The molecule has 3 amide bonds. The third kappa shape index (κ3) is 9.41. The van der Waals surface area contributed by atoms with Crippen LogP contribution >= 0.6 is 0 Å². The summed E-state index contributed by atoms with van der Waals surface area (Å²) in [6.45, 7) is 4.64. The van der Waals surface area contributed by atoms with Crippen LogP contribution in [0.4, 0.5) is 9.59 Å². The highest BCUT2D eigenvalue weighted by atomic mass is 16.7. The average molecular weight is 612 g/mol. The van der Waals surface area contributed by atoms with Gasteiger partial charge in [-0.25, -0.2) is 9.59 Å². The molecule has 44 heavy (non-hydrogen) atoms. The van der Waals surface area contributed by atoms with Gasteiger partial charge in [-0.05, 0) is 42.7 Å². The quantitative estimate of drug-likeness (QED) is 0.255. The fraction of sp³-hybridized carbons (Fsp3) is 0.545. The SMILES string of the molecule is CC[C@H](C)[C@H](NC(=O)OC)C(=O)N[C@@H](Cc1ccccc1)[C@@H](O)C[C@H](Cc1ccccc1)NC(=O)O[C@H]1CO[C@H]2OCC[C@H]21. The number of aliphatic hydroxyl groups excluding tert-OH is 1. The van der Waals surface area contributed by atoms with Crippen LogP contribution in [0.5, 0.6) is 0 Å². The third-order valence-electron chi connectivity index (χ3n) is 8.46. The van der Waals surface area contributed by atoms with Crippen LogP contribution in [0.1, 0.15) is 44.2 Å². The smallest absolute Gasteiger partial charge is 0.407 e. The van der Waals surface area contributed by atoms with Crippen molar-refractivity contribution < 1.29 is 38.4 Å². The zero-order valence-electron chi connectivity index (χ0n) is 25.6. The molecule has 2 fully saturated rings. The van der Waals surface area contributed by atoms with E-state index in [1.54, 1.807) is 0 Å². The molecule has 0 spiro atoms. The standard InChI is InChI=1S/C33H45N3O8/c1-4-21(2)29(36-32(39)41-3)30(38)35-26(18-23-13-9-6-10-14-23)27(37)19-24(17-22-11-7-5-8-12-22)34-33(40)44-28-20-43-31-25(28)15-16-42-31/h5-14,21,24-29,31,37H,4,15-20H2,1-3H3,(H,34,40)(H,35,38)(H,36,39)/t21-,24-,25-,26-,27-,28-,29-,31+/m0/s1. The first-order chi connectivity index (χ1) is 21.3. The molecule has 2 saturated heterocycles. The molecular weight excluding hydrogens is 566 g/mol. The lowest BCUT2D eigenvalue weighted by Crippen LogP contribution is -2.56. The Morgan fingerprint density at radius 2 is 1.59 bits per heavy atom. The van der Waals surface area contributed by atoms with E-state index in [2.05, 4.69) is 16.0 Å². The first kappa shape index (κ1) is 33.2. The Bertz CT molecular complexity index is 1200. The molecule has 0 aromatic heterocycles. The highest BCUT2D eigenvalue weighted by molar-refractivity contribution is 5.86. The molecule has 4 N–H and O–H groups in total. The molecule has 8 atom stereocenters. The molecule has 11 nitrogen and oxygen atoms in total. The number of hydrogen-bond donors (Lipinski definition) is 4. The van der Waals surface area contributed by atoms with Crippen molar-refractivity contribution in [2.75, 3.05) is 20.3 Å². The maximum Gasteiger partial charge on any atom is 0.407 e. The molecule has 0 radical (unpaired) electrons. The monoisotopic (exact) mass is 611 g/mol. The second-order valence-electron chi connectivity index (χ2n) is 11.6. The van der Waals surface area contributed by atoms with E-state index in [4.69, 9.17) is 18.9 Å². The summed E-state index contributed by atoms with van der Waals surface area (Å²) in [5, 5.41) is 20.2. The first-order valence-corrected chi connectivity index (χ1v) is 15.4. The Balaban J connectivity index is 1.50. The van der Waals surface area contributed by atoms with Crippen molar-refractivity contribution in [2.45, 2.75) is 82.6 Å². The zero-order valence-corrected chi connectivity index (χ0v) is 25.6. The van der Waals surface area contributed by atoms with Crippen LogP contribution in [-0.2, 0) is 36.6 Å². The normalized spacial score (nSPS) is 22.5. The van der Waals surface area contributed by atoms with E-state index < -0.39 is 48.4 Å². The molecule has 2 aliphatic rings. The number of amides is 3. The summed E-state index contributed by atoms with van der Waals surface area (Å²) < 4.78 is 21.7. The molecule has 2 aliphatic heterocycles. The van der Waals surface area contributed by atoms with E-state index in [1.807, 2.05) is 74.5 Å². The van der Waals surface area contributed by atoms with Crippen molar-refractivity contribution in [1.82, 2.24) is 16.0 Å². The molecule has 2 heterocycles. The fourth-order valence-corrected chi connectivity index (χ4v) is 5.74. The van der Waals surface area contributed by atoms with Gasteiger partial charge in [-0.1, -0.05) is 80.9 Å².